The highest BCUT2D eigenvalue weighted by Crippen LogP contribution is 2.22. The number of halogens is 1. The van der Waals surface area contributed by atoms with Gasteiger partial charge in [0, 0.05) is 28.5 Å². The fourth-order valence-electron chi connectivity index (χ4n) is 2.44. The minimum absolute atomic E-state index is 0.621. The van der Waals surface area contributed by atoms with Gasteiger partial charge in [-0.25, -0.2) is 4.98 Å². The van der Waals surface area contributed by atoms with Crippen LogP contribution in [-0.4, -0.2) is 17.6 Å². The smallest absolute Gasteiger partial charge is 0.0928 e. The zero-order valence-corrected chi connectivity index (χ0v) is 13.8. The van der Waals surface area contributed by atoms with E-state index in [1.54, 1.807) is 11.3 Å². The van der Waals surface area contributed by atoms with Gasteiger partial charge in [-0.2, -0.15) is 0 Å². The van der Waals surface area contributed by atoms with Crippen LogP contribution in [0.25, 0.3) is 0 Å². The van der Waals surface area contributed by atoms with E-state index >= 15 is 0 Å². The van der Waals surface area contributed by atoms with Crippen LogP contribution in [-0.2, 0) is 12.8 Å². The van der Waals surface area contributed by atoms with Crippen LogP contribution in [0.15, 0.2) is 40.3 Å². The predicted molar refractivity (Wildman–Crippen MR) is 88.2 cm³/mol. The van der Waals surface area contributed by atoms with Crippen LogP contribution in [0.4, 0.5) is 0 Å². The molecule has 1 aliphatic carbocycles. The van der Waals surface area contributed by atoms with E-state index in [0.29, 0.717) is 5.92 Å². The average molecular weight is 351 g/mol. The van der Waals surface area contributed by atoms with Gasteiger partial charge in [0.2, 0.25) is 0 Å². The van der Waals surface area contributed by atoms with E-state index in [2.05, 4.69) is 55.9 Å². The monoisotopic (exact) mass is 350 g/mol. The molecule has 1 aliphatic rings. The highest BCUT2D eigenvalue weighted by Gasteiger charge is 2.22. The molecule has 0 radical (unpaired) electrons. The molecular formula is C16H19BrN2S. The third kappa shape index (κ3) is 4.40. The molecule has 20 heavy (non-hydrogen) atoms. The molecule has 1 aromatic heterocycles. The normalized spacial score (nSPS) is 16.2. The number of aromatic nitrogens is 1. The second-order valence-corrected chi connectivity index (χ2v) is 7.41. The molecule has 0 bridgehead atoms. The van der Waals surface area contributed by atoms with Gasteiger partial charge in [0.05, 0.1) is 5.01 Å². The molecule has 1 aromatic carbocycles. The van der Waals surface area contributed by atoms with Crippen molar-refractivity contribution in [2.24, 2.45) is 5.92 Å². The van der Waals surface area contributed by atoms with Crippen molar-refractivity contribution in [3.8, 4) is 0 Å². The fourth-order valence-corrected chi connectivity index (χ4v) is 3.61. The predicted octanol–water partition coefficient (Wildman–Crippen LogP) is 4.06. The van der Waals surface area contributed by atoms with Gasteiger partial charge in [-0.05, 0) is 49.4 Å². The van der Waals surface area contributed by atoms with Crippen molar-refractivity contribution in [3.63, 3.8) is 0 Å². The van der Waals surface area contributed by atoms with Crippen molar-refractivity contribution in [1.29, 1.82) is 0 Å². The van der Waals surface area contributed by atoms with Crippen molar-refractivity contribution in [2.75, 3.05) is 6.54 Å². The first-order chi connectivity index (χ1) is 9.79. The SMILES string of the molecule is Brc1cccc(CC(CNC2CC2)Cc2nccs2)c1. The minimum Gasteiger partial charge on any atom is -0.314 e. The fraction of sp³-hybridized carbons (Fsp3) is 0.438. The van der Waals surface area contributed by atoms with Gasteiger partial charge >= 0.3 is 0 Å². The summed E-state index contributed by atoms with van der Waals surface area (Å²) < 4.78 is 1.16. The standard InChI is InChI=1S/C16H19BrN2S/c17-14-3-1-2-12(9-14)8-13(11-19-15-4-5-15)10-16-18-6-7-20-16/h1-3,6-7,9,13,15,19H,4-5,8,10-11H2. The number of benzene rings is 1. The lowest BCUT2D eigenvalue weighted by Gasteiger charge is -2.17. The second kappa shape index (κ2) is 6.83. The molecule has 0 spiro atoms. The Morgan fingerprint density at radius 1 is 1.35 bits per heavy atom. The van der Waals surface area contributed by atoms with Gasteiger partial charge in [-0.3, -0.25) is 0 Å². The first kappa shape index (κ1) is 14.2. The number of nitrogens with zero attached hydrogens (tertiary/aromatic N) is 1. The molecule has 0 amide bonds. The van der Waals surface area contributed by atoms with Gasteiger partial charge < -0.3 is 5.32 Å². The Morgan fingerprint density at radius 3 is 2.95 bits per heavy atom. The molecule has 1 N–H and O–H groups in total. The van der Waals surface area contributed by atoms with E-state index in [9.17, 15) is 0 Å². The summed E-state index contributed by atoms with van der Waals surface area (Å²) in [6, 6.07) is 9.43. The lowest BCUT2D eigenvalue weighted by Crippen LogP contribution is -2.27. The van der Waals surface area contributed by atoms with E-state index in [4.69, 9.17) is 0 Å². The highest BCUT2D eigenvalue weighted by molar-refractivity contribution is 9.10. The van der Waals surface area contributed by atoms with Crippen molar-refractivity contribution < 1.29 is 0 Å². The van der Waals surface area contributed by atoms with E-state index < -0.39 is 0 Å². The molecule has 1 atom stereocenters. The number of hydrogen-bond acceptors (Lipinski definition) is 3. The second-order valence-electron chi connectivity index (χ2n) is 5.51. The molecule has 2 nitrogen and oxygen atoms in total. The maximum atomic E-state index is 4.44. The summed E-state index contributed by atoms with van der Waals surface area (Å²) in [5, 5.41) is 6.99. The third-order valence-corrected chi connectivity index (χ3v) is 4.93. The van der Waals surface area contributed by atoms with E-state index in [0.717, 1.165) is 29.9 Å². The first-order valence-corrected chi connectivity index (χ1v) is 8.83. The van der Waals surface area contributed by atoms with Crippen LogP contribution < -0.4 is 5.32 Å². The first-order valence-electron chi connectivity index (χ1n) is 7.16. The van der Waals surface area contributed by atoms with Crippen LogP contribution in [0, 0.1) is 5.92 Å². The van der Waals surface area contributed by atoms with Crippen molar-refractivity contribution in [1.82, 2.24) is 10.3 Å². The Kier molecular flexibility index (Phi) is 4.86. The Balaban J connectivity index is 1.63. The summed E-state index contributed by atoms with van der Waals surface area (Å²) in [4.78, 5) is 4.44. The van der Waals surface area contributed by atoms with Gasteiger partial charge in [0.25, 0.3) is 0 Å². The number of nitrogens with one attached hydrogen (secondary N) is 1. The number of hydrogen-bond donors (Lipinski definition) is 1. The molecule has 1 fully saturated rings. The van der Waals surface area contributed by atoms with Gasteiger partial charge in [-0.1, -0.05) is 28.1 Å². The number of rotatable bonds is 7. The molecule has 0 saturated heterocycles. The third-order valence-electron chi connectivity index (χ3n) is 3.63. The van der Waals surface area contributed by atoms with Crippen molar-refractivity contribution in [2.45, 2.75) is 31.7 Å². The van der Waals surface area contributed by atoms with Crippen LogP contribution >= 0.6 is 27.3 Å². The summed E-state index contributed by atoms with van der Waals surface area (Å²) in [6.45, 7) is 1.09. The summed E-state index contributed by atoms with van der Waals surface area (Å²) >= 11 is 5.33. The molecule has 1 heterocycles. The van der Waals surface area contributed by atoms with Crippen LogP contribution in [0.1, 0.15) is 23.4 Å². The lowest BCUT2D eigenvalue weighted by molar-refractivity contribution is 0.468. The van der Waals surface area contributed by atoms with E-state index in [1.807, 2.05) is 6.20 Å². The zero-order chi connectivity index (χ0) is 13.8. The summed E-state index contributed by atoms with van der Waals surface area (Å²) in [5.41, 5.74) is 1.40. The van der Waals surface area contributed by atoms with Crippen LogP contribution in [0.2, 0.25) is 0 Å². The largest absolute Gasteiger partial charge is 0.314 e. The van der Waals surface area contributed by atoms with E-state index in [1.165, 1.54) is 23.4 Å². The highest BCUT2D eigenvalue weighted by atomic mass is 79.9. The topological polar surface area (TPSA) is 24.9 Å². The Labute approximate surface area is 132 Å². The summed E-state index contributed by atoms with van der Waals surface area (Å²) in [6.07, 6.45) is 6.79. The Hall–Kier alpha value is -0.710. The maximum absolute atomic E-state index is 4.44. The maximum Gasteiger partial charge on any atom is 0.0928 e. The van der Waals surface area contributed by atoms with Crippen LogP contribution in [0.3, 0.4) is 0 Å². The van der Waals surface area contributed by atoms with Gasteiger partial charge in [-0.15, -0.1) is 11.3 Å². The summed E-state index contributed by atoms with van der Waals surface area (Å²) in [5.74, 6) is 0.621. The van der Waals surface area contributed by atoms with Crippen LogP contribution in [0.5, 0.6) is 0 Å². The Morgan fingerprint density at radius 2 is 2.25 bits per heavy atom. The molecule has 3 rings (SSSR count). The summed E-state index contributed by atoms with van der Waals surface area (Å²) in [7, 11) is 0. The molecule has 0 aliphatic heterocycles. The minimum atomic E-state index is 0.621. The quantitative estimate of drug-likeness (QED) is 0.814. The molecule has 1 unspecified atom stereocenters. The molecule has 1 saturated carbocycles. The zero-order valence-electron chi connectivity index (χ0n) is 11.4. The van der Waals surface area contributed by atoms with Crippen molar-refractivity contribution in [3.05, 3.63) is 50.9 Å². The van der Waals surface area contributed by atoms with Crippen molar-refractivity contribution >= 4 is 27.3 Å². The van der Waals surface area contributed by atoms with Gasteiger partial charge in [0.1, 0.15) is 0 Å². The Bertz CT molecular complexity index is 537. The molecule has 106 valence electrons. The van der Waals surface area contributed by atoms with Gasteiger partial charge in [0.15, 0.2) is 0 Å². The molecule has 4 heteroatoms. The average Bonchev–Trinajstić information content (AvgIpc) is 3.12. The molecular weight excluding hydrogens is 332 g/mol. The number of thiazole rings is 1. The lowest BCUT2D eigenvalue weighted by atomic mass is 9.96. The van der Waals surface area contributed by atoms with E-state index in [-0.39, 0.29) is 0 Å². The molecule has 2 aromatic rings.